The lowest BCUT2D eigenvalue weighted by atomic mass is 9.61. The van der Waals surface area contributed by atoms with Crippen LogP contribution in [-0.4, -0.2) is 21.9 Å². The minimum atomic E-state index is -0.896. The van der Waals surface area contributed by atoms with Crippen LogP contribution < -0.4 is 0 Å². The number of fused-ring (bicyclic) bond motifs is 1. The standard InChI is InChI=1S/C27H40O2/c1-19-10-13-23(28)18-22(19)12-11-21-9-7-17-27(5)24(14-15-25(21)27)20(2)8-6-16-26(3,4)29/h11-12,20,23-25,28-29H,1,7-10,13-15,17-18H2,2-5H3/b21-11+,22-12+/t20-,23+,24-,25+,27-/m1/s1. The Morgan fingerprint density at radius 3 is 2.72 bits per heavy atom. The monoisotopic (exact) mass is 396 g/mol. The van der Waals surface area contributed by atoms with Crippen molar-refractivity contribution in [1.29, 1.82) is 0 Å². The van der Waals surface area contributed by atoms with Gasteiger partial charge in [0.2, 0.25) is 0 Å². The van der Waals surface area contributed by atoms with Crippen molar-refractivity contribution in [2.45, 2.75) is 97.2 Å². The highest BCUT2D eigenvalue weighted by Gasteiger charge is 2.50. The summed E-state index contributed by atoms with van der Waals surface area (Å²) in [6.07, 6.45) is 14.2. The minimum Gasteiger partial charge on any atom is -0.393 e. The van der Waals surface area contributed by atoms with Crippen LogP contribution in [0, 0.1) is 35.0 Å². The van der Waals surface area contributed by atoms with Gasteiger partial charge in [-0.3, -0.25) is 0 Å². The molecule has 5 atom stereocenters. The number of aliphatic hydroxyl groups is 2. The molecule has 3 saturated carbocycles. The summed E-state index contributed by atoms with van der Waals surface area (Å²) >= 11 is 0. The minimum absolute atomic E-state index is 0.205. The Bertz CT molecular complexity index is 739. The van der Waals surface area contributed by atoms with Gasteiger partial charge in [-0.1, -0.05) is 49.6 Å². The number of rotatable bonds is 3. The van der Waals surface area contributed by atoms with Crippen molar-refractivity contribution in [2.24, 2.45) is 23.2 Å². The summed E-state index contributed by atoms with van der Waals surface area (Å²) in [6.45, 7) is 12.6. The molecule has 3 rings (SSSR count). The highest BCUT2D eigenvalue weighted by atomic mass is 16.3. The molecule has 0 heterocycles. The van der Waals surface area contributed by atoms with Crippen molar-refractivity contribution < 1.29 is 10.2 Å². The number of allylic oxidation sites excluding steroid dienone is 4. The number of hydrogen-bond acceptors (Lipinski definition) is 2. The molecule has 0 saturated heterocycles. The van der Waals surface area contributed by atoms with Crippen LogP contribution in [0.1, 0.15) is 85.5 Å². The second kappa shape index (κ2) is 8.83. The Labute approximate surface area is 178 Å². The first kappa shape index (κ1) is 22.4. The fourth-order valence-corrected chi connectivity index (χ4v) is 6.18. The Kier molecular flexibility index (Phi) is 6.81. The molecule has 0 aromatic carbocycles. The summed E-state index contributed by atoms with van der Waals surface area (Å²) in [7, 11) is 0. The molecule has 0 aromatic heterocycles. The van der Waals surface area contributed by atoms with Gasteiger partial charge in [0.15, 0.2) is 0 Å². The predicted octanol–water partition coefficient (Wildman–Crippen LogP) is 5.96. The summed E-state index contributed by atoms with van der Waals surface area (Å²) in [5.74, 6) is 8.17. The Morgan fingerprint density at radius 1 is 1.24 bits per heavy atom. The van der Waals surface area contributed by atoms with E-state index in [9.17, 15) is 10.2 Å². The maximum Gasteiger partial charge on any atom is 0.119 e. The molecule has 160 valence electrons. The summed E-state index contributed by atoms with van der Waals surface area (Å²) in [5, 5.41) is 19.9. The molecule has 0 bridgehead atoms. The van der Waals surface area contributed by atoms with Gasteiger partial charge in [-0.25, -0.2) is 0 Å². The van der Waals surface area contributed by atoms with Crippen LogP contribution in [0.3, 0.4) is 0 Å². The van der Waals surface area contributed by atoms with E-state index in [-0.39, 0.29) is 6.10 Å². The van der Waals surface area contributed by atoms with Gasteiger partial charge >= 0.3 is 0 Å². The highest BCUT2D eigenvalue weighted by molar-refractivity contribution is 5.36. The molecule has 0 aliphatic heterocycles. The van der Waals surface area contributed by atoms with Crippen LogP contribution in [0.25, 0.3) is 0 Å². The largest absolute Gasteiger partial charge is 0.393 e. The van der Waals surface area contributed by atoms with Crippen molar-refractivity contribution in [3.8, 4) is 11.8 Å². The van der Waals surface area contributed by atoms with E-state index in [1.807, 2.05) is 0 Å². The van der Waals surface area contributed by atoms with E-state index < -0.39 is 5.60 Å². The summed E-state index contributed by atoms with van der Waals surface area (Å²) < 4.78 is 0. The van der Waals surface area contributed by atoms with Crippen LogP contribution in [-0.2, 0) is 0 Å². The zero-order valence-corrected chi connectivity index (χ0v) is 18.9. The molecule has 3 aliphatic carbocycles. The van der Waals surface area contributed by atoms with Crippen molar-refractivity contribution in [3.63, 3.8) is 0 Å². The first-order valence-electron chi connectivity index (χ1n) is 11.6. The molecule has 2 heteroatoms. The fraction of sp³-hybridized carbons (Fsp3) is 0.704. The first-order valence-corrected chi connectivity index (χ1v) is 11.6. The molecule has 0 spiro atoms. The molecular weight excluding hydrogens is 356 g/mol. The van der Waals surface area contributed by atoms with E-state index >= 15 is 0 Å². The first-order chi connectivity index (χ1) is 13.6. The van der Waals surface area contributed by atoms with E-state index in [1.54, 1.807) is 19.4 Å². The third kappa shape index (κ3) is 5.25. The zero-order chi connectivity index (χ0) is 21.2. The lowest BCUT2D eigenvalue weighted by Gasteiger charge is -2.44. The lowest BCUT2D eigenvalue weighted by molar-refractivity contribution is 0.0990. The quantitative estimate of drug-likeness (QED) is 0.578. The van der Waals surface area contributed by atoms with Crippen LogP contribution in [0.15, 0.2) is 35.5 Å². The summed E-state index contributed by atoms with van der Waals surface area (Å²) in [5.41, 5.74) is 3.52. The van der Waals surface area contributed by atoms with Gasteiger partial charge in [-0.15, -0.1) is 5.92 Å². The predicted molar refractivity (Wildman–Crippen MR) is 121 cm³/mol. The SMILES string of the molecule is C=C1CC[C@H](O)C/C1=C\C=C1/CCC[C@]2(C)[C@@H]([C@H](C)CC#CC(C)(C)O)CC[C@@H]12. The lowest BCUT2D eigenvalue weighted by Crippen LogP contribution is -2.35. The van der Waals surface area contributed by atoms with E-state index in [4.69, 9.17) is 0 Å². The summed E-state index contributed by atoms with van der Waals surface area (Å²) in [4.78, 5) is 0. The van der Waals surface area contributed by atoms with Crippen LogP contribution in [0.2, 0.25) is 0 Å². The normalized spacial score (nSPS) is 36.6. The van der Waals surface area contributed by atoms with Crippen molar-refractivity contribution in [3.05, 3.63) is 35.5 Å². The van der Waals surface area contributed by atoms with Gasteiger partial charge < -0.3 is 10.2 Å². The molecule has 2 nitrogen and oxygen atoms in total. The van der Waals surface area contributed by atoms with Crippen LogP contribution >= 0.6 is 0 Å². The van der Waals surface area contributed by atoms with E-state index in [0.717, 1.165) is 25.7 Å². The van der Waals surface area contributed by atoms with Crippen molar-refractivity contribution in [1.82, 2.24) is 0 Å². The fourth-order valence-electron chi connectivity index (χ4n) is 6.18. The van der Waals surface area contributed by atoms with Gasteiger partial charge in [-0.2, -0.15) is 0 Å². The van der Waals surface area contributed by atoms with Crippen LogP contribution in [0.4, 0.5) is 0 Å². The molecule has 2 N–H and O–H groups in total. The second-order valence-electron chi connectivity index (χ2n) is 10.6. The van der Waals surface area contributed by atoms with Gasteiger partial charge in [0.1, 0.15) is 5.60 Å². The zero-order valence-electron chi connectivity index (χ0n) is 18.9. The van der Waals surface area contributed by atoms with Gasteiger partial charge in [0, 0.05) is 6.42 Å². The van der Waals surface area contributed by atoms with Gasteiger partial charge in [-0.05, 0) is 94.0 Å². The molecule has 0 radical (unpaired) electrons. The van der Waals surface area contributed by atoms with E-state index in [0.29, 0.717) is 23.2 Å². The highest BCUT2D eigenvalue weighted by Crippen LogP contribution is 2.59. The molecule has 0 amide bonds. The molecular formula is C27H40O2. The van der Waals surface area contributed by atoms with Crippen molar-refractivity contribution in [2.75, 3.05) is 0 Å². The maximum atomic E-state index is 10.0. The molecule has 3 aliphatic rings. The van der Waals surface area contributed by atoms with Crippen LogP contribution in [0.5, 0.6) is 0 Å². The summed E-state index contributed by atoms with van der Waals surface area (Å²) in [6, 6.07) is 0. The van der Waals surface area contributed by atoms with E-state index in [1.165, 1.54) is 43.3 Å². The average molecular weight is 397 g/mol. The smallest absolute Gasteiger partial charge is 0.119 e. The second-order valence-corrected chi connectivity index (χ2v) is 10.6. The van der Waals surface area contributed by atoms with Crippen molar-refractivity contribution >= 4 is 0 Å². The Morgan fingerprint density at radius 2 is 2.00 bits per heavy atom. The molecule has 3 fully saturated rings. The topological polar surface area (TPSA) is 40.5 Å². The van der Waals surface area contributed by atoms with Gasteiger partial charge in [0.25, 0.3) is 0 Å². The Hall–Kier alpha value is -1.30. The van der Waals surface area contributed by atoms with E-state index in [2.05, 4.69) is 44.4 Å². The number of hydrogen-bond donors (Lipinski definition) is 2. The Balaban J connectivity index is 1.74. The average Bonchev–Trinajstić information content (AvgIpc) is 2.99. The molecule has 0 unspecified atom stereocenters. The molecule has 0 aromatic rings. The third-order valence-corrected chi connectivity index (χ3v) is 7.73. The maximum absolute atomic E-state index is 10.0. The third-order valence-electron chi connectivity index (χ3n) is 7.73. The van der Waals surface area contributed by atoms with Gasteiger partial charge in [0.05, 0.1) is 6.10 Å². The number of aliphatic hydroxyl groups excluding tert-OH is 1. The molecule has 29 heavy (non-hydrogen) atoms.